The van der Waals surface area contributed by atoms with Gasteiger partial charge < -0.3 is 15.3 Å². The Morgan fingerprint density at radius 1 is 0.909 bits per heavy atom. The van der Waals surface area contributed by atoms with Crippen molar-refractivity contribution in [2.75, 3.05) is 13.1 Å². The number of fused-ring (bicyclic) bond motifs is 1. The van der Waals surface area contributed by atoms with Gasteiger partial charge in [0.1, 0.15) is 5.75 Å². The highest BCUT2D eigenvalue weighted by atomic mass is 16.3. The van der Waals surface area contributed by atoms with Crippen molar-refractivity contribution in [3.8, 4) is 5.75 Å². The van der Waals surface area contributed by atoms with Crippen molar-refractivity contribution >= 4 is 16.7 Å². The Balaban J connectivity index is 1.76. The number of unbranched alkanes of at least 4 members (excludes halogenated alkanes) is 5. The normalized spacial score (nSPS) is 12.1. The molecule has 0 bridgehead atoms. The van der Waals surface area contributed by atoms with Gasteiger partial charge in [0.2, 0.25) is 5.91 Å². The quantitative estimate of drug-likeness (QED) is 0.291. The molecule has 0 aliphatic carbocycles. The minimum Gasteiger partial charge on any atom is -0.508 e. The van der Waals surface area contributed by atoms with Gasteiger partial charge in [-0.3, -0.25) is 4.79 Å². The molecule has 0 radical (unpaired) electrons. The largest absolute Gasteiger partial charge is 0.508 e. The lowest BCUT2D eigenvalue weighted by molar-refractivity contribution is -0.131. The summed E-state index contributed by atoms with van der Waals surface area (Å²) in [5.41, 5.74) is 2.35. The number of benzene rings is 3. The van der Waals surface area contributed by atoms with Crippen molar-refractivity contribution < 1.29 is 9.90 Å². The number of phenolic OH excluding ortho intramolecular Hbond substituents is 1. The first-order valence-electron chi connectivity index (χ1n) is 12.3. The highest BCUT2D eigenvalue weighted by Gasteiger charge is 2.22. The Morgan fingerprint density at radius 3 is 2.36 bits per heavy atom. The Bertz CT molecular complexity index is 1000. The van der Waals surface area contributed by atoms with Gasteiger partial charge in [-0.25, -0.2) is 0 Å². The van der Waals surface area contributed by atoms with E-state index in [2.05, 4.69) is 36.5 Å². The van der Waals surface area contributed by atoms with Crippen LogP contribution in [0.3, 0.4) is 0 Å². The molecule has 4 nitrogen and oxygen atoms in total. The third-order valence-corrected chi connectivity index (χ3v) is 6.28. The predicted molar refractivity (Wildman–Crippen MR) is 137 cm³/mol. The highest BCUT2D eigenvalue weighted by Crippen LogP contribution is 2.27. The molecule has 1 atom stereocenters. The van der Waals surface area contributed by atoms with Crippen LogP contribution in [0.5, 0.6) is 5.75 Å². The molecule has 0 heterocycles. The average molecular weight is 447 g/mol. The Morgan fingerprint density at radius 2 is 1.61 bits per heavy atom. The summed E-state index contributed by atoms with van der Waals surface area (Å²) in [6.45, 7) is 6.14. The van der Waals surface area contributed by atoms with Crippen molar-refractivity contribution in [1.29, 1.82) is 0 Å². The number of carbonyl (C=O) groups is 1. The predicted octanol–water partition coefficient (Wildman–Crippen LogP) is 6.59. The first-order valence-corrected chi connectivity index (χ1v) is 12.3. The summed E-state index contributed by atoms with van der Waals surface area (Å²) >= 11 is 0. The fourth-order valence-corrected chi connectivity index (χ4v) is 4.41. The molecule has 0 aromatic heterocycles. The second-order valence-electron chi connectivity index (χ2n) is 8.90. The molecular weight excluding hydrogens is 408 g/mol. The van der Waals surface area contributed by atoms with Crippen molar-refractivity contribution in [3.05, 3.63) is 77.9 Å². The van der Waals surface area contributed by atoms with Crippen LogP contribution in [0, 0.1) is 0 Å². The van der Waals surface area contributed by atoms with E-state index < -0.39 is 0 Å². The summed E-state index contributed by atoms with van der Waals surface area (Å²) in [6.07, 6.45) is 7.22. The van der Waals surface area contributed by atoms with Crippen molar-refractivity contribution in [2.24, 2.45) is 0 Å². The summed E-state index contributed by atoms with van der Waals surface area (Å²) in [4.78, 5) is 14.8. The molecule has 0 aliphatic rings. The van der Waals surface area contributed by atoms with Crippen LogP contribution in [-0.4, -0.2) is 29.0 Å². The van der Waals surface area contributed by atoms with Gasteiger partial charge in [-0.1, -0.05) is 87.6 Å². The first kappa shape index (κ1) is 24.8. The minimum atomic E-state index is -0.0416. The van der Waals surface area contributed by atoms with E-state index in [0.29, 0.717) is 6.54 Å². The number of aromatic hydroxyl groups is 1. The summed E-state index contributed by atoms with van der Waals surface area (Å²) in [5, 5.41) is 15.5. The average Bonchev–Trinajstić information content (AvgIpc) is 2.82. The van der Waals surface area contributed by atoms with Crippen LogP contribution in [0.1, 0.15) is 69.5 Å². The summed E-state index contributed by atoms with van der Waals surface area (Å²) in [5.74, 6) is 0.380. The zero-order valence-electron chi connectivity index (χ0n) is 20.1. The SMILES string of the molecule is CCCCCCCCN(C(C)=O)C(CNCc1ccccc1)c1ccc2cc(O)ccc2c1. The molecule has 0 spiro atoms. The molecule has 33 heavy (non-hydrogen) atoms. The van der Waals surface area contributed by atoms with E-state index in [1.165, 1.54) is 31.2 Å². The monoisotopic (exact) mass is 446 g/mol. The van der Waals surface area contributed by atoms with Gasteiger partial charge in [-0.05, 0) is 46.5 Å². The smallest absolute Gasteiger partial charge is 0.220 e. The first-order chi connectivity index (χ1) is 16.1. The molecular formula is C29H38N2O2. The lowest BCUT2D eigenvalue weighted by atomic mass is 9.99. The van der Waals surface area contributed by atoms with Crippen molar-refractivity contribution in [1.82, 2.24) is 10.2 Å². The van der Waals surface area contributed by atoms with Crippen molar-refractivity contribution in [3.63, 3.8) is 0 Å². The van der Waals surface area contributed by atoms with Gasteiger partial charge in [0.25, 0.3) is 0 Å². The number of nitrogens with one attached hydrogen (secondary N) is 1. The molecule has 0 fully saturated rings. The van der Waals surface area contributed by atoms with Crippen LogP contribution in [-0.2, 0) is 11.3 Å². The van der Waals surface area contributed by atoms with E-state index in [1.54, 1.807) is 19.1 Å². The van der Waals surface area contributed by atoms with Gasteiger partial charge in [0.15, 0.2) is 0 Å². The number of hydrogen-bond acceptors (Lipinski definition) is 3. The highest BCUT2D eigenvalue weighted by molar-refractivity contribution is 5.84. The zero-order chi connectivity index (χ0) is 23.5. The molecule has 1 amide bonds. The van der Waals surface area contributed by atoms with Gasteiger partial charge in [-0.15, -0.1) is 0 Å². The molecule has 4 heteroatoms. The lowest BCUT2D eigenvalue weighted by Crippen LogP contribution is -2.39. The minimum absolute atomic E-state index is 0.0416. The van der Waals surface area contributed by atoms with E-state index in [-0.39, 0.29) is 17.7 Å². The summed E-state index contributed by atoms with van der Waals surface area (Å²) in [7, 11) is 0. The standard InChI is InChI=1S/C29H38N2O2/c1-3-4-5-6-7-11-18-31(23(2)32)29(22-30-21-24-12-9-8-10-13-24)27-15-14-26-20-28(33)17-16-25(26)19-27/h8-10,12-17,19-20,29-30,33H,3-7,11,18,21-22H2,1-2H3. The Labute approximate surface area is 198 Å². The third-order valence-electron chi connectivity index (χ3n) is 6.28. The van der Waals surface area contributed by atoms with E-state index >= 15 is 0 Å². The number of amides is 1. The molecule has 0 saturated carbocycles. The molecule has 176 valence electrons. The van der Waals surface area contributed by atoms with E-state index in [9.17, 15) is 9.90 Å². The van der Waals surface area contributed by atoms with Gasteiger partial charge in [-0.2, -0.15) is 0 Å². The van der Waals surface area contributed by atoms with E-state index in [4.69, 9.17) is 0 Å². The number of rotatable bonds is 13. The third kappa shape index (κ3) is 7.61. The summed E-state index contributed by atoms with van der Waals surface area (Å²) in [6, 6.07) is 22.0. The maximum atomic E-state index is 12.7. The molecule has 1 unspecified atom stereocenters. The fraction of sp³-hybridized carbons (Fsp3) is 0.414. The fourth-order valence-electron chi connectivity index (χ4n) is 4.41. The maximum absolute atomic E-state index is 12.7. The van der Waals surface area contributed by atoms with Crippen molar-refractivity contribution in [2.45, 2.75) is 65.0 Å². The lowest BCUT2D eigenvalue weighted by Gasteiger charge is -2.32. The number of carbonyl (C=O) groups excluding carboxylic acids is 1. The second kappa shape index (κ2) is 13.0. The molecule has 0 saturated heterocycles. The van der Waals surface area contributed by atoms with Crippen LogP contribution >= 0.6 is 0 Å². The van der Waals surface area contributed by atoms with E-state index in [1.807, 2.05) is 35.2 Å². The molecule has 0 aliphatic heterocycles. The van der Waals surface area contributed by atoms with Gasteiger partial charge >= 0.3 is 0 Å². The summed E-state index contributed by atoms with van der Waals surface area (Å²) < 4.78 is 0. The maximum Gasteiger partial charge on any atom is 0.220 e. The zero-order valence-corrected chi connectivity index (χ0v) is 20.1. The second-order valence-corrected chi connectivity index (χ2v) is 8.90. The molecule has 3 aromatic rings. The van der Waals surface area contributed by atoms with E-state index in [0.717, 1.165) is 42.3 Å². The van der Waals surface area contributed by atoms with Crippen LogP contribution < -0.4 is 5.32 Å². The number of phenols is 1. The molecule has 3 rings (SSSR count). The Hall–Kier alpha value is -2.85. The number of nitrogens with zero attached hydrogens (tertiary/aromatic N) is 1. The van der Waals surface area contributed by atoms with Crippen LogP contribution in [0.2, 0.25) is 0 Å². The molecule has 3 aromatic carbocycles. The van der Waals surface area contributed by atoms with Crippen LogP contribution in [0.25, 0.3) is 10.8 Å². The van der Waals surface area contributed by atoms with Gasteiger partial charge in [0.05, 0.1) is 6.04 Å². The molecule has 2 N–H and O–H groups in total. The topological polar surface area (TPSA) is 52.6 Å². The van der Waals surface area contributed by atoms with Crippen LogP contribution in [0.4, 0.5) is 0 Å². The van der Waals surface area contributed by atoms with Gasteiger partial charge in [0, 0.05) is 26.6 Å². The number of hydrogen-bond donors (Lipinski definition) is 2. The Kier molecular flexibility index (Phi) is 9.77. The van der Waals surface area contributed by atoms with Crippen LogP contribution in [0.15, 0.2) is 66.7 Å².